The van der Waals surface area contributed by atoms with Crippen LogP contribution in [0, 0.1) is 0 Å². The molecule has 1 heterocycles. The number of hydrogen-bond acceptors (Lipinski definition) is 2. The van der Waals surface area contributed by atoms with Crippen molar-refractivity contribution in [2.24, 2.45) is 0 Å². The van der Waals surface area contributed by atoms with Crippen LogP contribution in [0.5, 0.6) is 0 Å². The van der Waals surface area contributed by atoms with E-state index in [4.69, 9.17) is 5.11 Å². The molecule has 0 unspecified atom stereocenters. The van der Waals surface area contributed by atoms with Crippen LogP contribution in [0.25, 0.3) is 0 Å². The molecule has 0 aromatic carbocycles. The summed E-state index contributed by atoms with van der Waals surface area (Å²) >= 11 is 0. The van der Waals surface area contributed by atoms with Crippen molar-refractivity contribution in [1.29, 1.82) is 0 Å². The molecule has 0 bridgehead atoms. The number of nitrogens with zero attached hydrogens (tertiary/aromatic N) is 2. The summed E-state index contributed by atoms with van der Waals surface area (Å²) in [6.07, 6.45) is 8.22. The number of carbonyl (C=O) groups excluding carboxylic acids is 1. The van der Waals surface area contributed by atoms with Crippen molar-refractivity contribution in [1.82, 2.24) is 9.80 Å². The van der Waals surface area contributed by atoms with Crippen molar-refractivity contribution < 1.29 is 9.90 Å². The van der Waals surface area contributed by atoms with Gasteiger partial charge in [-0.25, -0.2) is 4.79 Å². The minimum Gasteiger partial charge on any atom is -0.395 e. The second-order valence-corrected chi connectivity index (χ2v) is 5.19. The van der Waals surface area contributed by atoms with E-state index in [2.05, 4.69) is 0 Å². The first kappa shape index (κ1) is 12.7. The fraction of sp³-hybridized carbons (Fsp3) is 0.923. The molecule has 1 saturated heterocycles. The summed E-state index contributed by atoms with van der Waals surface area (Å²) in [7, 11) is 0. The van der Waals surface area contributed by atoms with Crippen LogP contribution in [0.4, 0.5) is 4.79 Å². The molecule has 0 radical (unpaired) electrons. The van der Waals surface area contributed by atoms with E-state index in [1.807, 2.05) is 9.80 Å². The first-order valence-corrected chi connectivity index (χ1v) is 6.99. The van der Waals surface area contributed by atoms with Crippen LogP contribution < -0.4 is 0 Å². The van der Waals surface area contributed by atoms with Gasteiger partial charge in [-0.1, -0.05) is 19.3 Å². The molecule has 2 aliphatic rings. The number of amides is 2. The van der Waals surface area contributed by atoms with E-state index < -0.39 is 0 Å². The van der Waals surface area contributed by atoms with Crippen LogP contribution >= 0.6 is 0 Å². The summed E-state index contributed by atoms with van der Waals surface area (Å²) in [6.45, 7) is 2.37. The lowest BCUT2D eigenvalue weighted by Crippen LogP contribution is -2.49. The Kier molecular flexibility index (Phi) is 4.66. The molecule has 2 rings (SSSR count). The van der Waals surface area contributed by atoms with E-state index in [0.29, 0.717) is 12.6 Å². The molecule has 0 aromatic heterocycles. The minimum absolute atomic E-state index is 0.0794. The van der Waals surface area contributed by atoms with E-state index in [1.54, 1.807) is 0 Å². The summed E-state index contributed by atoms with van der Waals surface area (Å²) in [5.74, 6) is 0. The second kappa shape index (κ2) is 6.24. The van der Waals surface area contributed by atoms with Gasteiger partial charge in [0.1, 0.15) is 0 Å². The van der Waals surface area contributed by atoms with Crippen molar-refractivity contribution in [2.45, 2.75) is 51.0 Å². The Morgan fingerprint density at radius 1 is 1.12 bits per heavy atom. The molecule has 2 amide bonds. The van der Waals surface area contributed by atoms with Crippen LogP contribution in [0.2, 0.25) is 0 Å². The van der Waals surface area contributed by atoms with Gasteiger partial charge in [-0.15, -0.1) is 0 Å². The van der Waals surface area contributed by atoms with Gasteiger partial charge in [0.15, 0.2) is 0 Å². The summed E-state index contributed by atoms with van der Waals surface area (Å²) in [5, 5.41) is 9.15. The number of hydrogen-bond donors (Lipinski definition) is 1. The Morgan fingerprint density at radius 3 is 2.35 bits per heavy atom. The molecule has 1 saturated carbocycles. The van der Waals surface area contributed by atoms with Crippen LogP contribution in [0.3, 0.4) is 0 Å². The van der Waals surface area contributed by atoms with Gasteiger partial charge in [0, 0.05) is 25.7 Å². The topological polar surface area (TPSA) is 43.8 Å². The zero-order valence-corrected chi connectivity index (χ0v) is 10.6. The lowest BCUT2D eigenvalue weighted by molar-refractivity contribution is 0.111. The number of rotatable bonds is 3. The molecule has 98 valence electrons. The predicted molar refractivity (Wildman–Crippen MR) is 66.9 cm³/mol. The second-order valence-electron chi connectivity index (χ2n) is 5.19. The number of carbonyl (C=O) groups is 1. The first-order valence-electron chi connectivity index (χ1n) is 6.99. The normalized spacial score (nSPS) is 21.8. The summed E-state index contributed by atoms with van der Waals surface area (Å²) in [4.78, 5) is 16.2. The Bertz CT molecular complexity index is 246. The van der Waals surface area contributed by atoms with Gasteiger partial charge < -0.3 is 14.9 Å². The van der Waals surface area contributed by atoms with E-state index in [-0.39, 0.29) is 12.6 Å². The highest BCUT2D eigenvalue weighted by molar-refractivity contribution is 5.75. The van der Waals surface area contributed by atoms with Crippen LogP contribution in [0.15, 0.2) is 0 Å². The van der Waals surface area contributed by atoms with Crippen molar-refractivity contribution in [2.75, 3.05) is 26.2 Å². The molecule has 0 atom stereocenters. The van der Waals surface area contributed by atoms with Crippen LogP contribution in [-0.4, -0.2) is 53.2 Å². The fourth-order valence-corrected chi connectivity index (χ4v) is 3.02. The van der Waals surface area contributed by atoms with Crippen LogP contribution in [-0.2, 0) is 0 Å². The zero-order valence-electron chi connectivity index (χ0n) is 10.6. The Hall–Kier alpha value is -0.770. The molecule has 0 spiro atoms. The van der Waals surface area contributed by atoms with Crippen molar-refractivity contribution in [3.63, 3.8) is 0 Å². The summed E-state index contributed by atoms with van der Waals surface area (Å²) < 4.78 is 0. The third kappa shape index (κ3) is 3.12. The number of urea groups is 1. The van der Waals surface area contributed by atoms with Gasteiger partial charge in [-0.05, 0) is 25.7 Å². The van der Waals surface area contributed by atoms with E-state index in [0.717, 1.165) is 38.8 Å². The minimum atomic E-state index is 0.0794. The highest BCUT2D eigenvalue weighted by atomic mass is 16.3. The molecule has 0 aromatic rings. The molecule has 4 heteroatoms. The van der Waals surface area contributed by atoms with Crippen LogP contribution in [0.1, 0.15) is 44.9 Å². The number of aliphatic hydroxyl groups is 1. The van der Waals surface area contributed by atoms with Gasteiger partial charge in [0.25, 0.3) is 0 Å². The third-order valence-corrected chi connectivity index (χ3v) is 3.98. The average Bonchev–Trinajstić information content (AvgIpc) is 2.90. The fourth-order valence-electron chi connectivity index (χ4n) is 3.02. The summed E-state index contributed by atoms with van der Waals surface area (Å²) in [6, 6.07) is 0.521. The lowest BCUT2D eigenvalue weighted by atomic mass is 9.94. The van der Waals surface area contributed by atoms with E-state index >= 15 is 0 Å². The standard InChI is InChI=1S/C13H24N2O2/c16-11-10-15(12-6-2-1-3-7-12)13(17)14-8-4-5-9-14/h12,16H,1-11H2. The maximum Gasteiger partial charge on any atom is 0.320 e. The van der Waals surface area contributed by atoms with Gasteiger partial charge in [-0.3, -0.25) is 0 Å². The van der Waals surface area contributed by atoms with E-state index in [9.17, 15) is 4.79 Å². The molecular formula is C13H24N2O2. The zero-order chi connectivity index (χ0) is 12.1. The summed E-state index contributed by atoms with van der Waals surface area (Å²) in [5.41, 5.74) is 0. The molecular weight excluding hydrogens is 216 g/mol. The maximum atomic E-state index is 12.4. The van der Waals surface area contributed by atoms with Gasteiger partial charge in [0.05, 0.1) is 6.61 Å². The van der Waals surface area contributed by atoms with E-state index in [1.165, 1.54) is 19.3 Å². The van der Waals surface area contributed by atoms with Gasteiger partial charge >= 0.3 is 6.03 Å². The number of likely N-dealkylation sites (tertiary alicyclic amines) is 1. The van der Waals surface area contributed by atoms with Crippen molar-refractivity contribution >= 4 is 6.03 Å². The third-order valence-electron chi connectivity index (χ3n) is 3.98. The molecule has 17 heavy (non-hydrogen) atoms. The van der Waals surface area contributed by atoms with Crippen molar-refractivity contribution in [3.8, 4) is 0 Å². The van der Waals surface area contributed by atoms with Gasteiger partial charge in [0.2, 0.25) is 0 Å². The Balaban J connectivity index is 1.96. The largest absolute Gasteiger partial charge is 0.395 e. The van der Waals surface area contributed by atoms with Crippen molar-refractivity contribution in [3.05, 3.63) is 0 Å². The quantitative estimate of drug-likeness (QED) is 0.818. The highest BCUT2D eigenvalue weighted by Crippen LogP contribution is 2.24. The molecule has 1 aliphatic heterocycles. The highest BCUT2D eigenvalue weighted by Gasteiger charge is 2.29. The molecule has 4 nitrogen and oxygen atoms in total. The SMILES string of the molecule is O=C(N1CCCC1)N(CCO)C1CCCCC1. The molecule has 2 fully saturated rings. The monoisotopic (exact) mass is 240 g/mol. The average molecular weight is 240 g/mol. The Morgan fingerprint density at radius 2 is 1.76 bits per heavy atom. The predicted octanol–water partition coefficient (Wildman–Crippen LogP) is 1.83. The van der Waals surface area contributed by atoms with Gasteiger partial charge in [-0.2, -0.15) is 0 Å². The Labute approximate surface area is 104 Å². The molecule has 1 N–H and O–H groups in total. The molecule has 1 aliphatic carbocycles. The maximum absolute atomic E-state index is 12.4. The smallest absolute Gasteiger partial charge is 0.320 e. The lowest BCUT2D eigenvalue weighted by Gasteiger charge is -2.36. The first-order chi connectivity index (χ1) is 8.33. The number of aliphatic hydroxyl groups excluding tert-OH is 1.